The summed E-state index contributed by atoms with van der Waals surface area (Å²) in [7, 11) is 0. The first-order valence-electron chi connectivity index (χ1n) is 10.0. The normalized spacial score (nSPS) is 23.9. The molecule has 136 valence electrons. The van der Waals surface area contributed by atoms with Crippen LogP contribution < -0.4 is 0 Å². The van der Waals surface area contributed by atoms with Crippen LogP contribution in [0.15, 0.2) is 9.67 Å². The summed E-state index contributed by atoms with van der Waals surface area (Å²) in [6, 6.07) is 0. The fraction of sp³-hybridized carbons (Fsp3) is 0.800. The van der Waals surface area contributed by atoms with Crippen molar-refractivity contribution in [3.05, 3.63) is 9.67 Å². The van der Waals surface area contributed by atoms with Crippen LogP contribution in [-0.4, -0.2) is 30.3 Å². The molecular formula is C20H34O3Sn. The van der Waals surface area contributed by atoms with Crippen LogP contribution in [0.3, 0.4) is 0 Å². The van der Waals surface area contributed by atoms with Crippen LogP contribution in [0.1, 0.15) is 72.1 Å². The van der Waals surface area contributed by atoms with Crippen molar-refractivity contribution < 1.29 is 14.3 Å². The van der Waals surface area contributed by atoms with E-state index in [4.69, 9.17) is 4.74 Å². The molecule has 4 heteroatoms. The molecule has 1 fully saturated rings. The zero-order chi connectivity index (χ0) is 17.6. The monoisotopic (exact) mass is 442 g/mol. The molecule has 2 rings (SSSR count). The van der Waals surface area contributed by atoms with Gasteiger partial charge in [-0.2, -0.15) is 0 Å². The maximum atomic E-state index is 12.1. The number of esters is 2. The molecule has 2 atom stereocenters. The van der Waals surface area contributed by atoms with E-state index in [0.29, 0.717) is 0 Å². The van der Waals surface area contributed by atoms with Crippen LogP contribution in [0, 0.1) is 11.8 Å². The first kappa shape index (κ1) is 20.0. The molecule has 0 radical (unpaired) electrons. The summed E-state index contributed by atoms with van der Waals surface area (Å²) in [5, 5.41) is 0. The molecular weight excluding hydrogens is 407 g/mol. The molecule has 0 N–H and O–H groups in total. The van der Waals surface area contributed by atoms with Crippen LogP contribution in [0.2, 0.25) is 13.3 Å². The third-order valence-electron chi connectivity index (χ3n) is 6.06. The molecule has 0 amide bonds. The number of cyclic esters (lactones) is 2. The van der Waals surface area contributed by atoms with E-state index in [0.717, 1.165) is 12.8 Å². The molecule has 2 aliphatic rings. The summed E-state index contributed by atoms with van der Waals surface area (Å²) in [6.07, 6.45) is 11.7. The molecule has 1 aliphatic heterocycles. The number of fused-ring (bicyclic) bond motifs is 1. The van der Waals surface area contributed by atoms with Crippen molar-refractivity contribution in [3.63, 3.8) is 0 Å². The minimum absolute atomic E-state index is 0.168. The number of hydrogen-bond acceptors (Lipinski definition) is 3. The number of carbonyl (C=O) groups is 2. The summed E-state index contributed by atoms with van der Waals surface area (Å²) < 4.78 is 10.9. The summed E-state index contributed by atoms with van der Waals surface area (Å²) in [6.45, 7) is 6.86. The van der Waals surface area contributed by atoms with Gasteiger partial charge in [-0.25, -0.2) is 0 Å². The Morgan fingerprint density at radius 3 is 1.92 bits per heavy atom. The number of rotatable bonds is 10. The fourth-order valence-corrected chi connectivity index (χ4v) is 21.6. The summed E-state index contributed by atoms with van der Waals surface area (Å²) in [4.78, 5) is 23.9. The van der Waals surface area contributed by atoms with Crippen molar-refractivity contribution in [2.75, 3.05) is 0 Å². The van der Waals surface area contributed by atoms with E-state index >= 15 is 0 Å². The van der Waals surface area contributed by atoms with Gasteiger partial charge in [-0.3, -0.25) is 0 Å². The van der Waals surface area contributed by atoms with Gasteiger partial charge in [-0.05, 0) is 0 Å². The van der Waals surface area contributed by atoms with Gasteiger partial charge in [0.2, 0.25) is 0 Å². The Balaban J connectivity index is 2.25. The third-order valence-corrected chi connectivity index (χ3v) is 22.3. The van der Waals surface area contributed by atoms with Gasteiger partial charge in [-0.15, -0.1) is 0 Å². The van der Waals surface area contributed by atoms with Gasteiger partial charge < -0.3 is 0 Å². The molecule has 0 aromatic heterocycles. The van der Waals surface area contributed by atoms with Crippen molar-refractivity contribution in [2.45, 2.75) is 85.4 Å². The topological polar surface area (TPSA) is 43.4 Å². The van der Waals surface area contributed by atoms with E-state index in [1.165, 1.54) is 51.8 Å². The maximum absolute atomic E-state index is 12.1. The van der Waals surface area contributed by atoms with Gasteiger partial charge in [0, 0.05) is 0 Å². The Bertz CT molecular complexity index is 462. The number of ether oxygens (including phenoxy) is 1. The van der Waals surface area contributed by atoms with Crippen molar-refractivity contribution in [1.29, 1.82) is 0 Å². The first-order valence-corrected chi connectivity index (χ1v) is 17.5. The Morgan fingerprint density at radius 2 is 1.42 bits per heavy atom. The SMILES string of the molecule is CCC[CH2][Sn]([CH2]CCC)([CH2]CCC)[C]1=CC[C@H]2C(=O)OC(=O)[C@H]2C1. The second-order valence-corrected chi connectivity index (χ2v) is 21.1. The van der Waals surface area contributed by atoms with E-state index in [1.54, 1.807) is 3.59 Å². The van der Waals surface area contributed by atoms with Crippen LogP contribution in [0.4, 0.5) is 0 Å². The Kier molecular flexibility index (Phi) is 7.83. The van der Waals surface area contributed by atoms with E-state index in [1.807, 2.05) is 0 Å². The molecule has 0 saturated carbocycles. The van der Waals surface area contributed by atoms with E-state index in [9.17, 15) is 9.59 Å². The fourth-order valence-electron chi connectivity index (χ4n) is 4.49. The van der Waals surface area contributed by atoms with Gasteiger partial charge in [0.25, 0.3) is 0 Å². The molecule has 0 bridgehead atoms. The number of allylic oxidation sites excluding steroid dienone is 2. The van der Waals surface area contributed by atoms with Crippen molar-refractivity contribution in [3.8, 4) is 0 Å². The quantitative estimate of drug-likeness (QED) is 0.259. The standard InChI is InChI=1S/C8H7O3.3C4H9.Sn/c9-7-5-3-1-2-4-6(5)8(10)11-7;3*1-3-4-2;/h1,5-6H,3-4H2;3*1,3-4H2,2H3;/t5-,6+;;;;/m1..../s1. The van der Waals surface area contributed by atoms with Crippen LogP contribution in [0.5, 0.6) is 0 Å². The minimum atomic E-state index is -2.43. The van der Waals surface area contributed by atoms with Crippen molar-refractivity contribution >= 4 is 30.3 Å². The second-order valence-electron chi connectivity index (χ2n) is 7.71. The number of unbranched alkanes of at least 4 members (excludes halogenated alkanes) is 3. The molecule has 1 saturated heterocycles. The van der Waals surface area contributed by atoms with Crippen molar-refractivity contribution in [1.82, 2.24) is 0 Å². The summed E-state index contributed by atoms with van der Waals surface area (Å²) in [5.41, 5.74) is 0. The molecule has 24 heavy (non-hydrogen) atoms. The van der Waals surface area contributed by atoms with Crippen LogP contribution in [-0.2, 0) is 14.3 Å². The van der Waals surface area contributed by atoms with E-state index < -0.39 is 18.4 Å². The van der Waals surface area contributed by atoms with Gasteiger partial charge in [0.05, 0.1) is 0 Å². The van der Waals surface area contributed by atoms with Gasteiger partial charge >= 0.3 is 152 Å². The number of hydrogen-bond donors (Lipinski definition) is 0. The number of carbonyl (C=O) groups excluding carboxylic acids is 2. The molecule has 0 aromatic carbocycles. The molecule has 3 nitrogen and oxygen atoms in total. The summed E-state index contributed by atoms with van der Waals surface area (Å²) >= 11 is -2.43. The Hall–Kier alpha value is -0.321. The third kappa shape index (κ3) is 4.44. The van der Waals surface area contributed by atoms with Crippen molar-refractivity contribution in [2.24, 2.45) is 11.8 Å². The Labute approximate surface area is 151 Å². The predicted molar refractivity (Wildman–Crippen MR) is 100 cm³/mol. The molecule has 0 unspecified atom stereocenters. The average molecular weight is 441 g/mol. The molecule has 1 heterocycles. The van der Waals surface area contributed by atoms with E-state index in [-0.39, 0.29) is 23.8 Å². The second kappa shape index (κ2) is 9.40. The molecule has 0 aromatic rings. The van der Waals surface area contributed by atoms with Crippen LogP contribution in [0.25, 0.3) is 0 Å². The summed E-state index contributed by atoms with van der Waals surface area (Å²) in [5.74, 6) is -0.888. The van der Waals surface area contributed by atoms with Gasteiger partial charge in [-0.1, -0.05) is 0 Å². The van der Waals surface area contributed by atoms with E-state index in [2.05, 4.69) is 26.8 Å². The predicted octanol–water partition coefficient (Wildman–Crippen LogP) is 5.41. The molecule has 0 spiro atoms. The zero-order valence-corrected chi connectivity index (χ0v) is 18.6. The first-order chi connectivity index (χ1) is 11.6. The average Bonchev–Trinajstić information content (AvgIpc) is 2.88. The van der Waals surface area contributed by atoms with Crippen LogP contribution >= 0.6 is 0 Å². The Morgan fingerprint density at radius 1 is 0.917 bits per heavy atom. The van der Waals surface area contributed by atoms with Gasteiger partial charge in [0.15, 0.2) is 0 Å². The molecule has 1 aliphatic carbocycles. The zero-order valence-electron chi connectivity index (χ0n) is 15.7. The van der Waals surface area contributed by atoms with Gasteiger partial charge in [0.1, 0.15) is 0 Å².